The number of benzene rings is 6. The molecule has 8 bridgehead atoms. The summed E-state index contributed by atoms with van der Waals surface area (Å²) in [6.45, 7) is 0. The second-order valence-corrected chi connectivity index (χ2v) is 13.2. The average molecular weight is 757 g/mol. The van der Waals surface area contributed by atoms with Crippen molar-refractivity contribution in [3.8, 4) is 0 Å². The highest BCUT2D eigenvalue weighted by Gasteiger charge is 2.35. The summed E-state index contributed by atoms with van der Waals surface area (Å²) in [4.78, 5) is 9.28. The van der Waals surface area contributed by atoms with Gasteiger partial charge < -0.3 is 10.6 Å². The minimum atomic E-state index is -4.72. The van der Waals surface area contributed by atoms with Crippen molar-refractivity contribution in [3.63, 3.8) is 0 Å². The third kappa shape index (κ3) is 9.89. The van der Waals surface area contributed by atoms with Crippen molar-refractivity contribution in [2.75, 3.05) is 10.6 Å². The molecule has 0 fully saturated rings. The third-order valence-electron chi connectivity index (χ3n) is 8.97. The van der Waals surface area contributed by atoms with Gasteiger partial charge >= 0.3 is 12.4 Å². The number of hydrogen-bond acceptors (Lipinski definition) is 4. The van der Waals surface area contributed by atoms with E-state index in [1.165, 1.54) is 0 Å². The maximum absolute atomic E-state index is 14.5. The van der Waals surface area contributed by atoms with Crippen LogP contribution in [0.3, 0.4) is 0 Å². The standard InChI is InChI=1S/C46H34F6N4/c47-45(48,49)43-29-41(35-7-3-1-4-8-35)53-37-19-11-31(12-20-37)27-32-13-21-38(22-14-32)54-42(36-9-5-2-6-10-36)30-44(46(50,51)52)56-40-25-17-34(18-26-40)28-33-15-23-39(55-43)24-16-33/h1-26,29-30,55-56H,27-28H2/b43-29-,44-30-,53-41?,54-42?. The lowest BCUT2D eigenvalue weighted by molar-refractivity contribution is -0.0910. The first-order valence-electron chi connectivity index (χ1n) is 17.7. The Labute approximate surface area is 320 Å². The highest BCUT2D eigenvalue weighted by molar-refractivity contribution is 6.11. The van der Waals surface area contributed by atoms with E-state index in [1.807, 2.05) is 24.3 Å². The number of rotatable bonds is 2. The summed E-state index contributed by atoms with van der Waals surface area (Å²) in [7, 11) is 0. The first kappa shape index (κ1) is 37.6. The summed E-state index contributed by atoms with van der Waals surface area (Å²) in [5.41, 5.74) is 4.13. The molecule has 0 aliphatic carbocycles. The number of allylic oxidation sites excluding steroid dienone is 4. The zero-order valence-corrected chi connectivity index (χ0v) is 29.7. The van der Waals surface area contributed by atoms with Crippen molar-refractivity contribution < 1.29 is 26.3 Å². The SMILES string of the molecule is FC(F)(F)/C1=C/C(c2ccccc2)=Nc2ccc(cc2)Cc2ccc(cc2)N=C(c2ccccc2)/C=C(/C(F)(F)F)Nc2ccc(cc2)Cc2ccc(cc2)N1. The van der Waals surface area contributed by atoms with Crippen LogP contribution < -0.4 is 10.6 Å². The quantitative estimate of drug-likeness (QED) is 0.173. The van der Waals surface area contributed by atoms with Gasteiger partial charge in [0.15, 0.2) is 0 Å². The Morgan fingerprint density at radius 2 is 0.679 bits per heavy atom. The van der Waals surface area contributed by atoms with Crippen LogP contribution in [0.1, 0.15) is 33.4 Å². The summed E-state index contributed by atoms with van der Waals surface area (Å²) < 4.78 is 87.1. The van der Waals surface area contributed by atoms with Gasteiger partial charge in [-0.15, -0.1) is 0 Å². The topological polar surface area (TPSA) is 48.8 Å². The fourth-order valence-electron chi connectivity index (χ4n) is 6.08. The van der Waals surface area contributed by atoms with E-state index in [0.717, 1.165) is 34.4 Å². The Morgan fingerprint density at radius 3 is 0.982 bits per heavy atom. The Kier molecular flexibility index (Phi) is 11.0. The van der Waals surface area contributed by atoms with Crippen molar-refractivity contribution in [1.29, 1.82) is 0 Å². The van der Waals surface area contributed by atoms with E-state index < -0.39 is 23.7 Å². The second kappa shape index (κ2) is 16.4. The maximum atomic E-state index is 14.5. The molecule has 0 unspecified atom stereocenters. The van der Waals surface area contributed by atoms with E-state index >= 15 is 0 Å². The van der Waals surface area contributed by atoms with Gasteiger partial charge in [0, 0.05) is 22.5 Å². The van der Waals surface area contributed by atoms with Crippen LogP contribution in [0.2, 0.25) is 0 Å². The van der Waals surface area contributed by atoms with Gasteiger partial charge in [0.05, 0.1) is 22.8 Å². The van der Waals surface area contributed by atoms with Crippen molar-refractivity contribution in [2.24, 2.45) is 9.98 Å². The number of aliphatic imine (C=N–C) groups is 2. The van der Waals surface area contributed by atoms with Crippen LogP contribution in [-0.2, 0) is 12.8 Å². The summed E-state index contributed by atoms with van der Waals surface area (Å²) in [6.07, 6.45) is -6.51. The molecule has 280 valence electrons. The van der Waals surface area contributed by atoms with Gasteiger partial charge in [0.2, 0.25) is 0 Å². The van der Waals surface area contributed by atoms with Gasteiger partial charge in [-0.1, -0.05) is 109 Å². The Bertz CT molecular complexity index is 2210. The van der Waals surface area contributed by atoms with Crippen LogP contribution in [0.25, 0.3) is 0 Å². The van der Waals surface area contributed by atoms with Crippen molar-refractivity contribution in [2.45, 2.75) is 25.2 Å². The van der Waals surface area contributed by atoms with E-state index in [2.05, 4.69) is 20.6 Å². The van der Waals surface area contributed by atoms with Gasteiger partial charge in [0.1, 0.15) is 11.4 Å². The highest BCUT2D eigenvalue weighted by atomic mass is 19.4. The number of nitrogens with one attached hydrogen (secondary N) is 2. The number of hydrogen-bond donors (Lipinski definition) is 2. The number of anilines is 2. The number of halogens is 6. The molecule has 10 heteroatoms. The summed E-state index contributed by atoms with van der Waals surface area (Å²) in [5, 5.41) is 5.08. The van der Waals surface area contributed by atoms with E-state index in [4.69, 9.17) is 0 Å². The molecule has 0 atom stereocenters. The molecule has 7 aliphatic heterocycles. The van der Waals surface area contributed by atoms with Crippen molar-refractivity contribution in [1.82, 2.24) is 0 Å². The molecule has 0 amide bonds. The van der Waals surface area contributed by atoms with E-state index in [0.29, 0.717) is 35.3 Å². The molecular formula is C46H34F6N4. The zero-order chi connectivity index (χ0) is 39.1. The monoisotopic (exact) mass is 756 g/mol. The fraction of sp³-hybridized carbons (Fsp3) is 0.0870. The summed E-state index contributed by atoms with van der Waals surface area (Å²) in [6, 6.07) is 44.8. The van der Waals surface area contributed by atoms with Crippen LogP contribution in [0, 0.1) is 0 Å². The molecule has 7 heterocycles. The molecule has 0 radical (unpaired) electrons. The number of alkyl halides is 6. The second-order valence-electron chi connectivity index (χ2n) is 13.2. The molecule has 0 aromatic heterocycles. The predicted octanol–water partition coefficient (Wildman–Crippen LogP) is 12.5. The van der Waals surface area contributed by atoms with Gasteiger partial charge in [-0.3, -0.25) is 0 Å². The van der Waals surface area contributed by atoms with E-state index in [1.54, 1.807) is 133 Å². The fourth-order valence-corrected chi connectivity index (χ4v) is 6.08. The normalized spacial score (nSPS) is 16.0. The largest absolute Gasteiger partial charge is 0.431 e. The van der Waals surface area contributed by atoms with Crippen LogP contribution in [0.5, 0.6) is 0 Å². The van der Waals surface area contributed by atoms with Gasteiger partial charge in [-0.05, 0) is 95.8 Å². The molecule has 0 saturated carbocycles. The lowest BCUT2D eigenvalue weighted by Gasteiger charge is -2.16. The first-order valence-corrected chi connectivity index (χ1v) is 17.7. The van der Waals surface area contributed by atoms with Crippen LogP contribution in [0.4, 0.5) is 49.1 Å². The van der Waals surface area contributed by atoms with Gasteiger partial charge in [-0.2, -0.15) is 26.3 Å². The molecule has 2 N–H and O–H groups in total. The molecule has 0 spiro atoms. The number of nitrogens with zero attached hydrogens (tertiary/aromatic N) is 2. The van der Waals surface area contributed by atoms with Crippen LogP contribution in [0.15, 0.2) is 191 Å². The maximum Gasteiger partial charge on any atom is 0.431 e. The molecule has 6 aromatic rings. The first-order chi connectivity index (χ1) is 26.9. The van der Waals surface area contributed by atoms with E-state index in [-0.39, 0.29) is 22.8 Å². The van der Waals surface area contributed by atoms with Crippen LogP contribution in [-0.4, -0.2) is 23.8 Å². The smallest absolute Gasteiger partial charge is 0.351 e. The van der Waals surface area contributed by atoms with Gasteiger partial charge in [0.25, 0.3) is 0 Å². The molecule has 4 nitrogen and oxygen atoms in total. The Morgan fingerprint density at radius 1 is 0.375 bits per heavy atom. The highest BCUT2D eigenvalue weighted by Crippen LogP contribution is 2.31. The molecule has 7 aliphatic rings. The summed E-state index contributed by atoms with van der Waals surface area (Å²) >= 11 is 0. The lowest BCUT2D eigenvalue weighted by Crippen LogP contribution is -2.21. The average Bonchev–Trinajstić information content (AvgIpc) is 3.19. The van der Waals surface area contributed by atoms with Crippen molar-refractivity contribution >= 4 is 34.2 Å². The third-order valence-corrected chi connectivity index (χ3v) is 8.97. The lowest BCUT2D eigenvalue weighted by atomic mass is 10.0. The summed E-state index contributed by atoms with van der Waals surface area (Å²) in [5.74, 6) is 0. The molecular weight excluding hydrogens is 723 g/mol. The minimum Gasteiger partial charge on any atom is -0.351 e. The molecule has 0 saturated heterocycles. The van der Waals surface area contributed by atoms with E-state index in [9.17, 15) is 26.3 Å². The Balaban J connectivity index is 1.31. The zero-order valence-electron chi connectivity index (χ0n) is 29.7. The molecule has 13 rings (SSSR count). The van der Waals surface area contributed by atoms with Crippen LogP contribution >= 0.6 is 0 Å². The minimum absolute atomic E-state index is 0.129. The van der Waals surface area contributed by atoms with Crippen molar-refractivity contribution in [3.05, 3.63) is 215 Å². The predicted molar refractivity (Wildman–Crippen MR) is 212 cm³/mol. The molecule has 56 heavy (non-hydrogen) atoms. The van der Waals surface area contributed by atoms with Gasteiger partial charge in [-0.25, -0.2) is 9.98 Å². The molecule has 6 aromatic carbocycles. The Hall–Kier alpha value is -6.68.